The highest BCUT2D eigenvalue weighted by Crippen LogP contribution is 2.24. The Balaban J connectivity index is 2.19. The van der Waals surface area contributed by atoms with Crippen LogP contribution in [-0.2, 0) is 6.54 Å². The summed E-state index contributed by atoms with van der Waals surface area (Å²) in [6.07, 6.45) is 1.05. The van der Waals surface area contributed by atoms with Crippen molar-refractivity contribution in [3.8, 4) is 11.1 Å². The number of nitrogens with one attached hydrogen (secondary N) is 1. The molecule has 19 heavy (non-hydrogen) atoms. The lowest BCUT2D eigenvalue weighted by Crippen LogP contribution is -2.13. The van der Waals surface area contributed by atoms with E-state index in [1.54, 1.807) is 18.2 Å². The van der Waals surface area contributed by atoms with Crippen LogP contribution in [0.1, 0.15) is 18.9 Å². The van der Waals surface area contributed by atoms with Gasteiger partial charge in [-0.1, -0.05) is 31.2 Å². The van der Waals surface area contributed by atoms with Gasteiger partial charge < -0.3 is 5.32 Å². The molecule has 0 heterocycles. The minimum Gasteiger partial charge on any atom is -0.313 e. The molecule has 0 aromatic heterocycles. The predicted molar refractivity (Wildman–Crippen MR) is 73.8 cm³/mol. The Hall–Kier alpha value is -1.74. The summed E-state index contributed by atoms with van der Waals surface area (Å²) in [5.41, 5.74) is 1.88. The van der Waals surface area contributed by atoms with E-state index in [-0.39, 0.29) is 11.6 Å². The molecule has 0 aliphatic carbocycles. The summed E-state index contributed by atoms with van der Waals surface area (Å²) >= 11 is 0. The third-order valence-corrected chi connectivity index (χ3v) is 2.93. The van der Waals surface area contributed by atoms with E-state index in [1.807, 2.05) is 6.07 Å². The monoisotopic (exact) mass is 261 g/mol. The molecule has 1 N–H and O–H groups in total. The Bertz CT molecular complexity index is 552. The molecule has 0 unspecified atom stereocenters. The summed E-state index contributed by atoms with van der Waals surface area (Å²) in [6, 6.07) is 11.1. The summed E-state index contributed by atoms with van der Waals surface area (Å²) in [6.45, 7) is 3.64. The molecular formula is C16H17F2N. The van der Waals surface area contributed by atoms with Crippen LogP contribution in [0.4, 0.5) is 8.78 Å². The zero-order valence-electron chi connectivity index (χ0n) is 10.9. The minimum atomic E-state index is -0.356. The summed E-state index contributed by atoms with van der Waals surface area (Å²) in [4.78, 5) is 0. The van der Waals surface area contributed by atoms with Crippen molar-refractivity contribution in [2.24, 2.45) is 0 Å². The molecule has 3 heteroatoms. The van der Waals surface area contributed by atoms with E-state index in [4.69, 9.17) is 0 Å². The topological polar surface area (TPSA) is 12.0 Å². The first kappa shape index (κ1) is 13.7. The number of hydrogen-bond donors (Lipinski definition) is 1. The molecule has 2 rings (SSSR count). The fraction of sp³-hybridized carbons (Fsp3) is 0.250. The van der Waals surface area contributed by atoms with Gasteiger partial charge in [-0.15, -0.1) is 0 Å². The van der Waals surface area contributed by atoms with Gasteiger partial charge in [-0.2, -0.15) is 0 Å². The van der Waals surface area contributed by atoms with Crippen LogP contribution < -0.4 is 5.32 Å². The molecule has 100 valence electrons. The second-order valence-electron chi connectivity index (χ2n) is 4.50. The predicted octanol–water partition coefficient (Wildman–Crippen LogP) is 4.13. The third kappa shape index (κ3) is 3.61. The van der Waals surface area contributed by atoms with Gasteiger partial charge in [0, 0.05) is 12.1 Å². The number of rotatable bonds is 5. The first-order valence-corrected chi connectivity index (χ1v) is 6.46. The normalized spacial score (nSPS) is 10.7. The summed E-state index contributed by atoms with van der Waals surface area (Å²) in [5, 5.41) is 3.22. The average molecular weight is 261 g/mol. The lowest BCUT2D eigenvalue weighted by molar-refractivity contribution is 0.620. The molecule has 2 aromatic rings. The van der Waals surface area contributed by atoms with Crippen LogP contribution in [0.25, 0.3) is 11.1 Å². The van der Waals surface area contributed by atoms with E-state index < -0.39 is 0 Å². The van der Waals surface area contributed by atoms with E-state index in [1.165, 1.54) is 18.2 Å². The zero-order valence-corrected chi connectivity index (χ0v) is 10.9. The SMILES string of the molecule is CCCNCc1ccc(-c2cccc(F)c2)c(F)c1. The molecule has 0 radical (unpaired) electrons. The lowest BCUT2D eigenvalue weighted by atomic mass is 10.0. The highest BCUT2D eigenvalue weighted by molar-refractivity contribution is 5.64. The molecule has 0 atom stereocenters. The summed E-state index contributed by atoms with van der Waals surface area (Å²) < 4.78 is 27.2. The molecule has 0 aliphatic heterocycles. The standard InChI is InChI=1S/C16H17F2N/c1-2-8-19-11-12-6-7-15(16(18)9-12)13-4-3-5-14(17)10-13/h3-7,9-10,19H,2,8,11H2,1H3. The smallest absolute Gasteiger partial charge is 0.131 e. The average Bonchev–Trinajstić information content (AvgIpc) is 2.39. The van der Waals surface area contributed by atoms with Gasteiger partial charge in [0.05, 0.1) is 0 Å². The van der Waals surface area contributed by atoms with Crippen LogP contribution in [0.15, 0.2) is 42.5 Å². The van der Waals surface area contributed by atoms with Crippen LogP contribution in [0.5, 0.6) is 0 Å². The molecule has 1 nitrogen and oxygen atoms in total. The number of hydrogen-bond acceptors (Lipinski definition) is 1. The van der Waals surface area contributed by atoms with Crippen molar-refractivity contribution >= 4 is 0 Å². The Morgan fingerprint density at radius 1 is 1.05 bits per heavy atom. The quantitative estimate of drug-likeness (QED) is 0.798. The molecule has 0 fully saturated rings. The molecule has 2 aromatic carbocycles. The van der Waals surface area contributed by atoms with Crippen LogP contribution >= 0.6 is 0 Å². The van der Waals surface area contributed by atoms with E-state index in [0.717, 1.165) is 18.5 Å². The first-order chi connectivity index (χ1) is 9.20. The number of halogens is 2. The fourth-order valence-corrected chi connectivity index (χ4v) is 1.97. The Morgan fingerprint density at radius 2 is 1.89 bits per heavy atom. The molecule has 0 aliphatic rings. The van der Waals surface area contributed by atoms with Crippen molar-refractivity contribution in [1.29, 1.82) is 0 Å². The van der Waals surface area contributed by atoms with Crippen molar-refractivity contribution in [2.75, 3.05) is 6.54 Å². The minimum absolute atomic E-state index is 0.318. The second kappa shape index (κ2) is 6.43. The first-order valence-electron chi connectivity index (χ1n) is 6.46. The van der Waals surface area contributed by atoms with E-state index in [0.29, 0.717) is 17.7 Å². The Kier molecular flexibility index (Phi) is 4.63. The van der Waals surface area contributed by atoms with Crippen molar-refractivity contribution in [3.05, 3.63) is 59.7 Å². The van der Waals surface area contributed by atoms with Gasteiger partial charge >= 0.3 is 0 Å². The summed E-state index contributed by atoms with van der Waals surface area (Å²) in [7, 11) is 0. The van der Waals surface area contributed by atoms with E-state index in [2.05, 4.69) is 12.2 Å². The zero-order chi connectivity index (χ0) is 13.7. The fourth-order valence-electron chi connectivity index (χ4n) is 1.97. The van der Waals surface area contributed by atoms with Crippen LogP contribution in [-0.4, -0.2) is 6.54 Å². The second-order valence-corrected chi connectivity index (χ2v) is 4.50. The van der Waals surface area contributed by atoms with Gasteiger partial charge in [0.1, 0.15) is 11.6 Å². The maximum Gasteiger partial charge on any atom is 0.131 e. The van der Waals surface area contributed by atoms with Crippen LogP contribution in [0.3, 0.4) is 0 Å². The largest absolute Gasteiger partial charge is 0.313 e. The lowest BCUT2D eigenvalue weighted by Gasteiger charge is -2.07. The molecule has 0 spiro atoms. The van der Waals surface area contributed by atoms with Crippen LogP contribution in [0.2, 0.25) is 0 Å². The van der Waals surface area contributed by atoms with Gasteiger partial charge in [-0.3, -0.25) is 0 Å². The third-order valence-electron chi connectivity index (χ3n) is 2.93. The molecule has 0 amide bonds. The van der Waals surface area contributed by atoms with Crippen molar-refractivity contribution in [2.45, 2.75) is 19.9 Å². The summed E-state index contributed by atoms with van der Waals surface area (Å²) in [5.74, 6) is -0.674. The Morgan fingerprint density at radius 3 is 2.58 bits per heavy atom. The highest BCUT2D eigenvalue weighted by Gasteiger charge is 2.06. The molecule has 0 saturated carbocycles. The van der Waals surface area contributed by atoms with E-state index >= 15 is 0 Å². The Labute approximate surface area is 112 Å². The van der Waals surface area contributed by atoms with Gasteiger partial charge in [0.15, 0.2) is 0 Å². The molecular weight excluding hydrogens is 244 g/mol. The van der Waals surface area contributed by atoms with E-state index in [9.17, 15) is 8.78 Å². The molecule has 0 saturated heterocycles. The number of benzene rings is 2. The maximum atomic E-state index is 14.0. The van der Waals surface area contributed by atoms with Gasteiger partial charge in [0.25, 0.3) is 0 Å². The highest BCUT2D eigenvalue weighted by atomic mass is 19.1. The maximum absolute atomic E-state index is 14.0. The van der Waals surface area contributed by atoms with Crippen molar-refractivity contribution in [1.82, 2.24) is 5.32 Å². The van der Waals surface area contributed by atoms with Crippen molar-refractivity contribution < 1.29 is 8.78 Å². The van der Waals surface area contributed by atoms with Gasteiger partial charge in [-0.05, 0) is 42.3 Å². The molecule has 0 bridgehead atoms. The van der Waals surface area contributed by atoms with Gasteiger partial charge in [-0.25, -0.2) is 8.78 Å². The van der Waals surface area contributed by atoms with Gasteiger partial charge in [0.2, 0.25) is 0 Å². The van der Waals surface area contributed by atoms with Crippen molar-refractivity contribution in [3.63, 3.8) is 0 Å². The van der Waals surface area contributed by atoms with Crippen LogP contribution in [0, 0.1) is 11.6 Å².